The highest BCUT2D eigenvalue weighted by Crippen LogP contribution is 2.04. The molecule has 0 saturated heterocycles. The fourth-order valence-electron chi connectivity index (χ4n) is 0.744. The molecule has 1 amide bonds. The van der Waals surface area contributed by atoms with Crippen molar-refractivity contribution < 1.29 is 4.79 Å². The van der Waals surface area contributed by atoms with E-state index in [9.17, 15) is 4.79 Å². The Morgan fingerprint density at radius 2 is 2.10 bits per heavy atom. The van der Waals surface area contributed by atoms with Crippen LogP contribution in [0.25, 0.3) is 0 Å². The van der Waals surface area contributed by atoms with Gasteiger partial charge in [0.15, 0.2) is 0 Å². The molecule has 10 heavy (non-hydrogen) atoms. The zero-order valence-electron chi connectivity index (χ0n) is 6.72. The third kappa shape index (κ3) is 2.17. The van der Waals surface area contributed by atoms with Gasteiger partial charge in [0.1, 0.15) is 6.04 Å². The lowest BCUT2D eigenvalue weighted by Gasteiger charge is -2.12. The van der Waals surface area contributed by atoms with Crippen molar-refractivity contribution in [2.45, 2.75) is 19.9 Å². The van der Waals surface area contributed by atoms with Crippen molar-refractivity contribution in [1.29, 1.82) is 0 Å². The largest absolute Gasteiger partial charge is 0.357 e. The molecule has 0 fully saturated rings. The van der Waals surface area contributed by atoms with E-state index >= 15 is 0 Å². The SMILES string of the molecule is C=NC(C(=O)NC)C(C)C. The third-order valence-corrected chi connectivity index (χ3v) is 1.34. The predicted octanol–water partition coefficient (Wildman–Crippen LogP) is 0.458. The van der Waals surface area contributed by atoms with Gasteiger partial charge in [0.2, 0.25) is 5.91 Å². The number of amides is 1. The number of rotatable bonds is 3. The molecule has 0 rings (SSSR count). The normalized spacial score (nSPS) is 12.8. The van der Waals surface area contributed by atoms with Gasteiger partial charge in [-0.1, -0.05) is 13.8 Å². The lowest BCUT2D eigenvalue weighted by molar-refractivity contribution is -0.122. The van der Waals surface area contributed by atoms with Crippen LogP contribution in [0.3, 0.4) is 0 Å². The second kappa shape index (κ2) is 4.04. The van der Waals surface area contributed by atoms with Gasteiger partial charge in [0.25, 0.3) is 0 Å². The Labute approximate surface area is 61.5 Å². The number of hydrogen-bond acceptors (Lipinski definition) is 2. The van der Waals surface area contributed by atoms with E-state index in [1.54, 1.807) is 7.05 Å². The molecular formula is C7H14N2O. The molecule has 0 aliphatic heterocycles. The molecule has 1 unspecified atom stereocenters. The van der Waals surface area contributed by atoms with Crippen LogP contribution in [0, 0.1) is 5.92 Å². The first-order chi connectivity index (χ1) is 4.63. The molecule has 0 heterocycles. The van der Waals surface area contributed by atoms with Gasteiger partial charge in [-0.25, -0.2) is 0 Å². The van der Waals surface area contributed by atoms with Crippen molar-refractivity contribution in [2.75, 3.05) is 7.05 Å². The van der Waals surface area contributed by atoms with Gasteiger partial charge in [-0.3, -0.25) is 9.79 Å². The molecule has 1 atom stereocenters. The minimum atomic E-state index is -0.301. The standard InChI is InChI=1S/C7H14N2O/c1-5(2)6(8-3)7(10)9-4/h5-6H,3H2,1-2,4H3,(H,9,10). The Kier molecular flexibility index (Phi) is 3.69. The molecule has 0 saturated carbocycles. The second-order valence-electron chi connectivity index (χ2n) is 2.49. The topological polar surface area (TPSA) is 41.5 Å². The van der Waals surface area contributed by atoms with Crippen LogP contribution < -0.4 is 5.32 Å². The summed E-state index contributed by atoms with van der Waals surface area (Å²) in [5.74, 6) is 0.155. The van der Waals surface area contributed by atoms with E-state index in [4.69, 9.17) is 0 Å². The van der Waals surface area contributed by atoms with Crippen molar-refractivity contribution >= 4 is 12.6 Å². The molecule has 1 N–H and O–H groups in total. The van der Waals surface area contributed by atoms with Crippen LogP contribution >= 0.6 is 0 Å². The number of nitrogens with zero attached hydrogens (tertiary/aromatic N) is 1. The maximum Gasteiger partial charge on any atom is 0.244 e. The third-order valence-electron chi connectivity index (χ3n) is 1.34. The maximum absolute atomic E-state index is 10.9. The van der Waals surface area contributed by atoms with Gasteiger partial charge in [-0.2, -0.15) is 0 Å². The molecule has 0 aromatic carbocycles. The molecule has 58 valence electrons. The van der Waals surface area contributed by atoms with Crippen LogP contribution in [-0.4, -0.2) is 25.7 Å². The molecule has 0 aliphatic carbocycles. The average Bonchev–Trinajstić information content (AvgIpc) is 1.88. The van der Waals surface area contributed by atoms with Crippen LogP contribution in [0.2, 0.25) is 0 Å². The van der Waals surface area contributed by atoms with Gasteiger partial charge in [0, 0.05) is 7.05 Å². The van der Waals surface area contributed by atoms with Gasteiger partial charge >= 0.3 is 0 Å². The first-order valence-electron chi connectivity index (χ1n) is 3.31. The first kappa shape index (κ1) is 9.14. The number of aliphatic imine (C=N–C) groups is 1. The molecule has 3 nitrogen and oxygen atoms in total. The first-order valence-corrected chi connectivity index (χ1v) is 3.31. The zero-order valence-corrected chi connectivity index (χ0v) is 6.72. The number of carbonyl (C=O) groups is 1. The van der Waals surface area contributed by atoms with E-state index < -0.39 is 0 Å². The highest BCUT2D eigenvalue weighted by atomic mass is 16.2. The minimum Gasteiger partial charge on any atom is -0.357 e. The van der Waals surface area contributed by atoms with E-state index in [0.29, 0.717) is 0 Å². The fourth-order valence-corrected chi connectivity index (χ4v) is 0.744. The van der Waals surface area contributed by atoms with E-state index in [1.807, 2.05) is 13.8 Å². The van der Waals surface area contributed by atoms with Crippen LogP contribution in [0.5, 0.6) is 0 Å². The van der Waals surface area contributed by atoms with Crippen LogP contribution in [-0.2, 0) is 4.79 Å². The van der Waals surface area contributed by atoms with Crippen LogP contribution in [0.1, 0.15) is 13.8 Å². The molecular weight excluding hydrogens is 128 g/mol. The molecule has 0 aromatic heterocycles. The van der Waals surface area contributed by atoms with Gasteiger partial charge < -0.3 is 5.32 Å². The highest BCUT2D eigenvalue weighted by molar-refractivity contribution is 5.82. The summed E-state index contributed by atoms with van der Waals surface area (Å²) in [4.78, 5) is 14.6. The summed E-state index contributed by atoms with van der Waals surface area (Å²) in [6, 6.07) is -0.301. The van der Waals surface area contributed by atoms with E-state index in [2.05, 4.69) is 17.0 Å². The monoisotopic (exact) mass is 142 g/mol. The Morgan fingerprint density at radius 3 is 2.20 bits per heavy atom. The van der Waals surface area contributed by atoms with Crippen molar-refractivity contribution in [3.63, 3.8) is 0 Å². The van der Waals surface area contributed by atoms with Crippen molar-refractivity contribution in [2.24, 2.45) is 10.9 Å². The molecule has 0 aliphatic rings. The smallest absolute Gasteiger partial charge is 0.244 e. The van der Waals surface area contributed by atoms with Crippen molar-refractivity contribution in [3.8, 4) is 0 Å². The highest BCUT2D eigenvalue weighted by Gasteiger charge is 2.17. The van der Waals surface area contributed by atoms with Gasteiger partial charge in [0.05, 0.1) is 0 Å². The number of likely N-dealkylation sites (N-methyl/N-ethyl adjacent to an activating group) is 1. The second-order valence-corrected chi connectivity index (χ2v) is 2.49. The van der Waals surface area contributed by atoms with Crippen LogP contribution in [0.15, 0.2) is 4.99 Å². The molecule has 0 spiro atoms. The minimum absolute atomic E-state index is 0.0648. The van der Waals surface area contributed by atoms with Gasteiger partial charge in [-0.05, 0) is 12.6 Å². The fraction of sp³-hybridized carbons (Fsp3) is 0.714. The average molecular weight is 142 g/mol. The molecule has 0 bridgehead atoms. The van der Waals surface area contributed by atoms with Crippen molar-refractivity contribution in [1.82, 2.24) is 5.32 Å². The molecule has 3 heteroatoms. The van der Waals surface area contributed by atoms with E-state index in [1.165, 1.54) is 0 Å². The summed E-state index contributed by atoms with van der Waals surface area (Å²) in [6.45, 7) is 7.22. The van der Waals surface area contributed by atoms with E-state index in [0.717, 1.165) is 0 Å². The Balaban J connectivity index is 4.06. The summed E-state index contributed by atoms with van der Waals surface area (Å²) in [5, 5.41) is 2.52. The summed E-state index contributed by atoms with van der Waals surface area (Å²) < 4.78 is 0. The Morgan fingerprint density at radius 1 is 1.60 bits per heavy atom. The van der Waals surface area contributed by atoms with Crippen molar-refractivity contribution in [3.05, 3.63) is 0 Å². The predicted molar refractivity (Wildman–Crippen MR) is 42.2 cm³/mol. The van der Waals surface area contributed by atoms with E-state index in [-0.39, 0.29) is 17.9 Å². The number of nitrogens with one attached hydrogen (secondary N) is 1. The summed E-state index contributed by atoms with van der Waals surface area (Å²) in [6.07, 6.45) is 0. The number of hydrogen-bond donors (Lipinski definition) is 1. The lowest BCUT2D eigenvalue weighted by atomic mass is 10.1. The van der Waals surface area contributed by atoms with Crippen LogP contribution in [0.4, 0.5) is 0 Å². The quantitative estimate of drug-likeness (QED) is 0.571. The zero-order chi connectivity index (χ0) is 8.15. The summed E-state index contributed by atoms with van der Waals surface area (Å²) in [5.41, 5.74) is 0. The maximum atomic E-state index is 10.9. The lowest BCUT2D eigenvalue weighted by Crippen LogP contribution is -2.33. The molecule has 0 aromatic rings. The molecule has 0 radical (unpaired) electrons. The number of carbonyl (C=O) groups excluding carboxylic acids is 1. The summed E-state index contributed by atoms with van der Waals surface area (Å²) in [7, 11) is 1.60. The Hall–Kier alpha value is -0.860. The Bertz CT molecular complexity index is 132. The van der Waals surface area contributed by atoms with Gasteiger partial charge in [-0.15, -0.1) is 0 Å². The summed E-state index contributed by atoms with van der Waals surface area (Å²) >= 11 is 0.